The van der Waals surface area contributed by atoms with E-state index in [4.69, 9.17) is 0 Å². The van der Waals surface area contributed by atoms with Crippen LogP contribution in [0.4, 0.5) is 4.79 Å². The van der Waals surface area contributed by atoms with E-state index in [-0.39, 0.29) is 5.91 Å². The van der Waals surface area contributed by atoms with E-state index in [0.29, 0.717) is 16.9 Å². The Bertz CT molecular complexity index is 882. The van der Waals surface area contributed by atoms with E-state index in [1.54, 1.807) is 17.9 Å². The molecule has 2 atom stereocenters. The summed E-state index contributed by atoms with van der Waals surface area (Å²) in [7, 11) is 3.48. The maximum Gasteiger partial charge on any atom is 0.325 e. The first-order valence-corrected chi connectivity index (χ1v) is 8.84. The fourth-order valence-corrected chi connectivity index (χ4v) is 3.88. The Hall–Kier alpha value is -2.88. The molecule has 2 aliphatic rings. The van der Waals surface area contributed by atoms with E-state index >= 15 is 0 Å². The van der Waals surface area contributed by atoms with Crippen LogP contribution in [0.3, 0.4) is 0 Å². The average Bonchev–Trinajstić information content (AvgIpc) is 3.19. The first-order valence-electron chi connectivity index (χ1n) is 8.02. The van der Waals surface area contributed by atoms with Crippen molar-refractivity contribution in [1.29, 1.82) is 0 Å². The Balaban J connectivity index is 1.69. The van der Waals surface area contributed by atoms with Gasteiger partial charge in [0.2, 0.25) is 0 Å². The molecular weight excluding hydrogens is 354 g/mol. The first kappa shape index (κ1) is 16.6. The number of aryl methyl sites for hydroxylation is 1. The van der Waals surface area contributed by atoms with Crippen molar-refractivity contribution in [2.24, 2.45) is 12.0 Å². The molecule has 3 heterocycles. The number of aliphatic imine (C=N–C) groups is 1. The van der Waals surface area contributed by atoms with Crippen LogP contribution in [0, 0.1) is 0 Å². The number of nitrogens with one attached hydrogen (secondary N) is 1. The van der Waals surface area contributed by atoms with Gasteiger partial charge < -0.3 is 14.4 Å². The van der Waals surface area contributed by atoms with Gasteiger partial charge in [0.25, 0.3) is 5.91 Å². The summed E-state index contributed by atoms with van der Waals surface area (Å²) in [6.45, 7) is 0.501. The average molecular weight is 371 g/mol. The van der Waals surface area contributed by atoms with E-state index in [1.165, 1.54) is 16.7 Å². The number of hydrogen-bond acceptors (Lipinski definition) is 7. The van der Waals surface area contributed by atoms with Crippen LogP contribution in [0.1, 0.15) is 5.56 Å². The molecule has 134 valence electrons. The Kier molecular flexibility index (Phi) is 4.11. The van der Waals surface area contributed by atoms with E-state index in [0.717, 1.165) is 5.56 Å². The topological polar surface area (TPSA) is 95.7 Å². The van der Waals surface area contributed by atoms with E-state index < -0.39 is 18.2 Å². The number of fused-ring (bicyclic) bond motifs is 1. The number of amidine groups is 1. The van der Waals surface area contributed by atoms with Gasteiger partial charge in [-0.25, -0.2) is 9.79 Å². The SMILES string of the molecule is CN1C(=O)NC(=O)C2C1N=C(Sc1nncn1C)N2Cc1ccccc1. The number of aromatic nitrogens is 3. The molecule has 0 radical (unpaired) electrons. The number of thioether (sulfide) groups is 1. The Morgan fingerprint density at radius 2 is 1.96 bits per heavy atom. The number of carbonyl (C=O) groups excluding carboxylic acids is 2. The zero-order valence-corrected chi connectivity index (χ0v) is 15.1. The van der Waals surface area contributed by atoms with Gasteiger partial charge in [0.1, 0.15) is 6.33 Å². The molecule has 2 unspecified atom stereocenters. The summed E-state index contributed by atoms with van der Waals surface area (Å²) in [6.07, 6.45) is 1.05. The smallest absolute Gasteiger partial charge is 0.325 e. The molecule has 1 aromatic heterocycles. The molecule has 1 N–H and O–H groups in total. The fraction of sp³-hybridized carbons (Fsp3) is 0.312. The summed E-state index contributed by atoms with van der Waals surface area (Å²) in [4.78, 5) is 32.5. The predicted octanol–water partition coefficient (Wildman–Crippen LogP) is 0.655. The monoisotopic (exact) mass is 371 g/mol. The minimum atomic E-state index is -0.575. The molecule has 1 saturated heterocycles. The number of rotatable bonds is 3. The maximum atomic E-state index is 12.5. The number of benzene rings is 1. The highest BCUT2D eigenvalue weighted by atomic mass is 32.2. The third-order valence-electron chi connectivity index (χ3n) is 4.37. The van der Waals surface area contributed by atoms with Gasteiger partial charge in [-0.15, -0.1) is 10.2 Å². The molecule has 0 bridgehead atoms. The van der Waals surface area contributed by atoms with Crippen LogP contribution in [0.5, 0.6) is 0 Å². The van der Waals surface area contributed by atoms with Gasteiger partial charge >= 0.3 is 6.03 Å². The molecule has 2 aliphatic heterocycles. The van der Waals surface area contributed by atoms with Crippen molar-refractivity contribution < 1.29 is 9.59 Å². The molecule has 2 aromatic rings. The number of likely N-dealkylation sites (N-methyl/N-ethyl adjacent to an activating group) is 1. The van der Waals surface area contributed by atoms with Crippen LogP contribution in [0.25, 0.3) is 0 Å². The van der Waals surface area contributed by atoms with Crippen molar-refractivity contribution in [3.8, 4) is 0 Å². The van der Waals surface area contributed by atoms with Gasteiger partial charge in [0.05, 0.1) is 0 Å². The Labute approximate surface area is 154 Å². The second kappa shape index (κ2) is 6.45. The normalized spacial score (nSPS) is 22.3. The van der Waals surface area contributed by atoms with Gasteiger partial charge in [0, 0.05) is 20.6 Å². The number of amides is 3. The largest absolute Gasteiger partial charge is 0.331 e. The highest BCUT2D eigenvalue weighted by molar-refractivity contribution is 8.13. The zero-order chi connectivity index (χ0) is 18.3. The molecular formula is C16H17N7O2S. The molecule has 26 heavy (non-hydrogen) atoms. The molecule has 0 saturated carbocycles. The standard InChI is InChI=1S/C16H17N7O2S/c1-21-9-17-20-16(21)26-15-18-12-11(13(24)19-14(25)22(12)2)23(15)8-10-6-4-3-5-7-10/h3-7,9,11-12H,8H2,1-2H3,(H,19,24,25). The minimum Gasteiger partial charge on any atom is -0.331 e. The molecule has 3 amide bonds. The number of urea groups is 1. The van der Waals surface area contributed by atoms with Crippen LogP contribution in [-0.2, 0) is 18.4 Å². The van der Waals surface area contributed by atoms with Crippen LogP contribution in [0.15, 0.2) is 46.8 Å². The lowest BCUT2D eigenvalue weighted by atomic mass is 10.1. The lowest BCUT2D eigenvalue weighted by molar-refractivity contribution is -0.127. The molecule has 1 fully saturated rings. The summed E-state index contributed by atoms with van der Waals surface area (Å²) in [5.74, 6) is -0.341. The summed E-state index contributed by atoms with van der Waals surface area (Å²) in [5.41, 5.74) is 1.05. The van der Waals surface area contributed by atoms with Crippen molar-refractivity contribution >= 4 is 28.9 Å². The molecule has 10 heteroatoms. The van der Waals surface area contributed by atoms with Gasteiger partial charge in [-0.3, -0.25) is 10.1 Å². The Morgan fingerprint density at radius 1 is 1.19 bits per heavy atom. The second-order valence-electron chi connectivity index (χ2n) is 6.12. The van der Waals surface area contributed by atoms with Gasteiger partial charge in [-0.05, 0) is 17.3 Å². The van der Waals surface area contributed by atoms with Gasteiger partial charge in [-0.1, -0.05) is 30.3 Å². The summed E-state index contributed by atoms with van der Waals surface area (Å²) >= 11 is 1.33. The van der Waals surface area contributed by atoms with E-state index in [1.807, 2.05) is 42.3 Å². The van der Waals surface area contributed by atoms with E-state index in [2.05, 4.69) is 20.5 Å². The van der Waals surface area contributed by atoms with Gasteiger partial charge in [0.15, 0.2) is 22.5 Å². The molecule has 4 rings (SSSR count). The van der Waals surface area contributed by atoms with E-state index in [9.17, 15) is 9.59 Å². The molecule has 0 spiro atoms. The third-order valence-corrected chi connectivity index (χ3v) is 5.45. The first-order chi connectivity index (χ1) is 12.5. The lowest BCUT2D eigenvalue weighted by Gasteiger charge is -2.36. The van der Waals surface area contributed by atoms with Crippen LogP contribution >= 0.6 is 11.8 Å². The Morgan fingerprint density at radius 3 is 2.65 bits per heavy atom. The third kappa shape index (κ3) is 2.81. The highest BCUT2D eigenvalue weighted by Crippen LogP contribution is 2.32. The molecule has 0 aliphatic carbocycles. The second-order valence-corrected chi connectivity index (χ2v) is 7.05. The molecule has 1 aromatic carbocycles. The summed E-state index contributed by atoms with van der Waals surface area (Å²) in [5, 5.41) is 11.7. The lowest BCUT2D eigenvalue weighted by Crippen LogP contribution is -2.63. The van der Waals surface area contributed by atoms with Crippen molar-refractivity contribution in [1.82, 2.24) is 29.9 Å². The minimum absolute atomic E-state index is 0.341. The van der Waals surface area contributed by atoms with Crippen molar-refractivity contribution in [2.45, 2.75) is 23.9 Å². The number of hydrogen-bond donors (Lipinski definition) is 1. The van der Waals surface area contributed by atoms with Crippen LogP contribution in [-0.4, -0.2) is 60.9 Å². The fourth-order valence-electron chi connectivity index (χ4n) is 2.98. The number of imide groups is 1. The van der Waals surface area contributed by atoms with Crippen molar-refractivity contribution in [3.05, 3.63) is 42.2 Å². The van der Waals surface area contributed by atoms with Crippen LogP contribution in [0.2, 0.25) is 0 Å². The quantitative estimate of drug-likeness (QED) is 0.851. The van der Waals surface area contributed by atoms with Crippen molar-refractivity contribution in [2.75, 3.05) is 7.05 Å². The zero-order valence-electron chi connectivity index (χ0n) is 14.2. The van der Waals surface area contributed by atoms with Crippen molar-refractivity contribution in [3.63, 3.8) is 0 Å². The maximum absolute atomic E-state index is 12.5. The molecule has 9 nitrogen and oxygen atoms in total. The van der Waals surface area contributed by atoms with Gasteiger partial charge in [-0.2, -0.15) is 0 Å². The predicted molar refractivity (Wildman–Crippen MR) is 95.2 cm³/mol. The number of carbonyl (C=O) groups is 2. The summed E-state index contributed by atoms with van der Waals surface area (Å²) in [6, 6.07) is 8.82. The van der Waals surface area contributed by atoms with Crippen LogP contribution < -0.4 is 5.32 Å². The highest BCUT2D eigenvalue weighted by Gasteiger charge is 2.48. The number of nitrogens with zero attached hydrogens (tertiary/aromatic N) is 6. The summed E-state index contributed by atoms with van der Waals surface area (Å²) < 4.78 is 1.78.